The summed E-state index contributed by atoms with van der Waals surface area (Å²) >= 11 is 0. The largest absolute Gasteiger partial charge is 0.395 e. The van der Waals surface area contributed by atoms with Crippen LogP contribution in [0.2, 0.25) is 0 Å². The van der Waals surface area contributed by atoms with Gasteiger partial charge in [-0.25, -0.2) is 0 Å². The fourth-order valence-electron chi connectivity index (χ4n) is 1.67. The molecule has 1 fully saturated rings. The first-order valence-corrected chi connectivity index (χ1v) is 6.22. The van der Waals surface area contributed by atoms with Crippen molar-refractivity contribution < 1.29 is 9.90 Å². The number of rotatable bonds is 8. The topological polar surface area (TPSA) is 61.4 Å². The summed E-state index contributed by atoms with van der Waals surface area (Å²) in [6, 6.07) is 0.0340. The number of aliphatic hydroxyl groups excluding tert-OH is 1. The van der Waals surface area contributed by atoms with Crippen LogP contribution in [0.1, 0.15) is 33.1 Å². The van der Waals surface area contributed by atoms with Crippen molar-refractivity contribution in [3.63, 3.8) is 0 Å². The van der Waals surface area contributed by atoms with Gasteiger partial charge >= 0.3 is 0 Å². The molecular formula is C12H24N2O2. The number of hydrogen-bond donors (Lipinski definition) is 3. The molecule has 0 aliphatic heterocycles. The minimum absolute atomic E-state index is 0.0340. The van der Waals surface area contributed by atoms with Crippen LogP contribution in [0.25, 0.3) is 0 Å². The van der Waals surface area contributed by atoms with Crippen molar-refractivity contribution in [1.82, 2.24) is 10.6 Å². The Morgan fingerprint density at radius 1 is 1.44 bits per heavy atom. The van der Waals surface area contributed by atoms with E-state index < -0.39 is 0 Å². The molecule has 3 N–H and O–H groups in total. The van der Waals surface area contributed by atoms with Crippen LogP contribution in [-0.4, -0.2) is 36.8 Å². The molecule has 16 heavy (non-hydrogen) atoms. The molecule has 0 bridgehead atoms. The highest BCUT2D eigenvalue weighted by molar-refractivity contribution is 5.78. The molecule has 4 heteroatoms. The molecule has 1 aliphatic rings. The van der Waals surface area contributed by atoms with Gasteiger partial charge in [0, 0.05) is 12.6 Å². The summed E-state index contributed by atoms with van der Waals surface area (Å²) < 4.78 is 0. The number of carbonyl (C=O) groups excluding carboxylic acids is 1. The third-order valence-electron chi connectivity index (χ3n) is 2.81. The SMILES string of the molecule is CC(C)CC(CO)NCC(=O)NCC1CC1. The van der Waals surface area contributed by atoms with Gasteiger partial charge in [0.05, 0.1) is 13.2 Å². The molecule has 1 aliphatic carbocycles. The molecule has 1 rings (SSSR count). The van der Waals surface area contributed by atoms with Crippen LogP contribution in [0.4, 0.5) is 0 Å². The summed E-state index contributed by atoms with van der Waals surface area (Å²) in [4.78, 5) is 11.4. The second-order valence-corrected chi connectivity index (χ2v) is 5.14. The standard InChI is InChI=1S/C12H24N2O2/c1-9(2)5-11(8-15)13-7-12(16)14-6-10-3-4-10/h9-11,13,15H,3-8H2,1-2H3,(H,14,16). The van der Waals surface area contributed by atoms with Gasteiger partial charge in [0.1, 0.15) is 0 Å². The Bertz CT molecular complexity index is 215. The molecule has 94 valence electrons. The maximum atomic E-state index is 11.4. The lowest BCUT2D eigenvalue weighted by atomic mass is 10.0. The molecule has 0 heterocycles. The molecule has 0 saturated heterocycles. The van der Waals surface area contributed by atoms with Crippen molar-refractivity contribution in [2.24, 2.45) is 11.8 Å². The van der Waals surface area contributed by atoms with E-state index in [1.807, 2.05) is 0 Å². The Kier molecular flexibility index (Phi) is 5.77. The van der Waals surface area contributed by atoms with Crippen LogP contribution >= 0.6 is 0 Å². The summed E-state index contributed by atoms with van der Waals surface area (Å²) in [6.07, 6.45) is 3.40. The van der Waals surface area contributed by atoms with Crippen LogP contribution in [0.5, 0.6) is 0 Å². The van der Waals surface area contributed by atoms with Crippen LogP contribution < -0.4 is 10.6 Å². The minimum Gasteiger partial charge on any atom is -0.395 e. The van der Waals surface area contributed by atoms with Crippen molar-refractivity contribution >= 4 is 5.91 Å². The lowest BCUT2D eigenvalue weighted by Gasteiger charge is -2.17. The first-order valence-electron chi connectivity index (χ1n) is 6.22. The molecule has 0 aromatic rings. The number of hydrogen-bond acceptors (Lipinski definition) is 3. The zero-order valence-electron chi connectivity index (χ0n) is 10.3. The molecule has 1 saturated carbocycles. The van der Waals surface area contributed by atoms with E-state index in [0.29, 0.717) is 18.4 Å². The van der Waals surface area contributed by atoms with E-state index in [1.165, 1.54) is 12.8 Å². The fourth-order valence-corrected chi connectivity index (χ4v) is 1.67. The first kappa shape index (κ1) is 13.5. The molecule has 0 spiro atoms. The molecule has 1 amide bonds. The molecule has 0 aromatic heterocycles. The van der Waals surface area contributed by atoms with E-state index in [0.717, 1.165) is 13.0 Å². The maximum Gasteiger partial charge on any atom is 0.233 e. The Labute approximate surface area is 97.8 Å². The quantitative estimate of drug-likeness (QED) is 0.567. The van der Waals surface area contributed by atoms with Gasteiger partial charge in [-0.15, -0.1) is 0 Å². The second kappa shape index (κ2) is 6.86. The number of aliphatic hydroxyl groups is 1. The van der Waals surface area contributed by atoms with E-state index in [-0.39, 0.29) is 18.6 Å². The predicted octanol–water partition coefficient (Wildman–Crippen LogP) is 0.509. The van der Waals surface area contributed by atoms with Crippen molar-refractivity contribution in [3.8, 4) is 0 Å². The van der Waals surface area contributed by atoms with Gasteiger partial charge in [0.2, 0.25) is 5.91 Å². The Balaban J connectivity index is 2.07. The van der Waals surface area contributed by atoms with E-state index in [2.05, 4.69) is 24.5 Å². The molecule has 0 radical (unpaired) electrons. The molecule has 1 unspecified atom stereocenters. The Hall–Kier alpha value is -0.610. The lowest BCUT2D eigenvalue weighted by molar-refractivity contribution is -0.120. The lowest BCUT2D eigenvalue weighted by Crippen LogP contribution is -2.41. The van der Waals surface area contributed by atoms with Crippen molar-refractivity contribution in [3.05, 3.63) is 0 Å². The number of carbonyl (C=O) groups is 1. The van der Waals surface area contributed by atoms with Gasteiger partial charge in [-0.3, -0.25) is 4.79 Å². The third-order valence-corrected chi connectivity index (χ3v) is 2.81. The highest BCUT2D eigenvalue weighted by atomic mass is 16.3. The Morgan fingerprint density at radius 2 is 2.12 bits per heavy atom. The van der Waals surface area contributed by atoms with Crippen molar-refractivity contribution in [2.75, 3.05) is 19.7 Å². The molecular weight excluding hydrogens is 204 g/mol. The van der Waals surface area contributed by atoms with E-state index in [1.54, 1.807) is 0 Å². The van der Waals surface area contributed by atoms with Gasteiger partial charge in [-0.1, -0.05) is 13.8 Å². The predicted molar refractivity (Wildman–Crippen MR) is 64.1 cm³/mol. The Morgan fingerprint density at radius 3 is 2.62 bits per heavy atom. The number of nitrogens with one attached hydrogen (secondary N) is 2. The highest BCUT2D eigenvalue weighted by Gasteiger charge is 2.21. The molecule has 4 nitrogen and oxygen atoms in total. The monoisotopic (exact) mass is 228 g/mol. The van der Waals surface area contributed by atoms with Gasteiger partial charge in [0.25, 0.3) is 0 Å². The van der Waals surface area contributed by atoms with Gasteiger partial charge in [0.15, 0.2) is 0 Å². The summed E-state index contributed by atoms with van der Waals surface area (Å²) in [5.74, 6) is 1.28. The van der Waals surface area contributed by atoms with Crippen LogP contribution in [0, 0.1) is 11.8 Å². The van der Waals surface area contributed by atoms with E-state index in [9.17, 15) is 4.79 Å². The van der Waals surface area contributed by atoms with Crippen LogP contribution in [-0.2, 0) is 4.79 Å². The summed E-state index contributed by atoms with van der Waals surface area (Å²) in [5, 5.41) is 15.1. The summed E-state index contributed by atoms with van der Waals surface area (Å²) in [7, 11) is 0. The summed E-state index contributed by atoms with van der Waals surface area (Å²) in [6.45, 7) is 5.43. The van der Waals surface area contributed by atoms with Crippen molar-refractivity contribution in [1.29, 1.82) is 0 Å². The van der Waals surface area contributed by atoms with Crippen molar-refractivity contribution in [2.45, 2.75) is 39.2 Å². The zero-order valence-corrected chi connectivity index (χ0v) is 10.3. The van der Waals surface area contributed by atoms with Gasteiger partial charge in [-0.2, -0.15) is 0 Å². The minimum atomic E-state index is 0.0340. The van der Waals surface area contributed by atoms with Gasteiger partial charge in [-0.05, 0) is 31.1 Å². The van der Waals surface area contributed by atoms with Gasteiger partial charge < -0.3 is 15.7 Å². The normalized spacial score (nSPS) is 17.5. The average Bonchev–Trinajstić information content (AvgIpc) is 3.04. The van der Waals surface area contributed by atoms with E-state index >= 15 is 0 Å². The van der Waals surface area contributed by atoms with E-state index in [4.69, 9.17) is 5.11 Å². The second-order valence-electron chi connectivity index (χ2n) is 5.14. The third kappa shape index (κ3) is 6.08. The zero-order chi connectivity index (χ0) is 12.0. The number of amides is 1. The maximum absolute atomic E-state index is 11.4. The highest BCUT2D eigenvalue weighted by Crippen LogP contribution is 2.27. The van der Waals surface area contributed by atoms with Crippen LogP contribution in [0.15, 0.2) is 0 Å². The average molecular weight is 228 g/mol. The smallest absolute Gasteiger partial charge is 0.233 e. The molecule has 1 atom stereocenters. The molecule has 0 aromatic carbocycles. The summed E-state index contributed by atoms with van der Waals surface area (Å²) in [5.41, 5.74) is 0. The first-order chi connectivity index (χ1) is 7.61. The van der Waals surface area contributed by atoms with Crippen LogP contribution in [0.3, 0.4) is 0 Å². The fraction of sp³-hybridized carbons (Fsp3) is 0.917.